The zero-order valence-corrected chi connectivity index (χ0v) is 12.5. The van der Waals surface area contributed by atoms with E-state index in [2.05, 4.69) is 5.32 Å². The van der Waals surface area contributed by atoms with E-state index in [4.69, 9.17) is 0 Å². The molecule has 1 N–H and O–H groups in total. The number of anilines is 1. The standard InChI is InChI=1S/C15H21N3O3/c1-3-16-11-8-9-14(18(20)21)13(10-11)15(19)17(2)12-6-4-5-7-12/h8-10,12,16H,3-7H2,1-2H3. The highest BCUT2D eigenvalue weighted by Gasteiger charge is 2.28. The summed E-state index contributed by atoms with van der Waals surface area (Å²) in [6, 6.07) is 4.80. The van der Waals surface area contributed by atoms with Gasteiger partial charge in [0.15, 0.2) is 0 Å². The fourth-order valence-electron chi connectivity index (χ4n) is 2.83. The van der Waals surface area contributed by atoms with Crippen LogP contribution in [0.4, 0.5) is 11.4 Å². The van der Waals surface area contributed by atoms with Crippen LogP contribution in [0.15, 0.2) is 18.2 Å². The van der Waals surface area contributed by atoms with Gasteiger partial charge in [-0.3, -0.25) is 14.9 Å². The first-order valence-electron chi connectivity index (χ1n) is 7.34. The third kappa shape index (κ3) is 3.32. The molecule has 0 atom stereocenters. The Kier molecular flexibility index (Phi) is 4.77. The van der Waals surface area contributed by atoms with Crippen molar-refractivity contribution >= 4 is 17.3 Å². The van der Waals surface area contributed by atoms with Crippen LogP contribution in [0.25, 0.3) is 0 Å². The third-order valence-corrected chi connectivity index (χ3v) is 4.00. The number of hydrogen-bond donors (Lipinski definition) is 1. The molecule has 0 bridgehead atoms. The van der Waals surface area contributed by atoms with Crippen molar-refractivity contribution in [2.24, 2.45) is 0 Å². The minimum atomic E-state index is -0.495. The first kappa shape index (κ1) is 15.3. The van der Waals surface area contributed by atoms with Crippen LogP contribution in [0.2, 0.25) is 0 Å². The van der Waals surface area contributed by atoms with Crippen molar-refractivity contribution in [3.05, 3.63) is 33.9 Å². The van der Waals surface area contributed by atoms with Crippen molar-refractivity contribution in [2.75, 3.05) is 18.9 Å². The molecular weight excluding hydrogens is 270 g/mol. The van der Waals surface area contributed by atoms with E-state index < -0.39 is 4.92 Å². The highest BCUT2D eigenvalue weighted by atomic mass is 16.6. The van der Waals surface area contributed by atoms with Gasteiger partial charge in [0.05, 0.1) is 4.92 Å². The Bertz CT molecular complexity index is 539. The van der Waals surface area contributed by atoms with Gasteiger partial charge in [0.1, 0.15) is 5.56 Å². The van der Waals surface area contributed by atoms with Crippen molar-refractivity contribution in [3.8, 4) is 0 Å². The van der Waals surface area contributed by atoms with Gasteiger partial charge in [-0.1, -0.05) is 12.8 Å². The van der Waals surface area contributed by atoms with Gasteiger partial charge in [-0.15, -0.1) is 0 Å². The van der Waals surface area contributed by atoms with E-state index in [9.17, 15) is 14.9 Å². The Labute approximate surface area is 124 Å². The fraction of sp³-hybridized carbons (Fsp3) is 0.533. The number of nitrogens with one attached hydrogen (secondary N) is 1. The van der Waals surface area contributed by atoms with Crippen molar-refractivity contribution in [3.63, 3.8) is 0 Å². The molecular formula is C15H21N3O3. The molecule has 1 aromatic carbocycles. The molecule has 1 saturated carbocycles. The van der Waals surface area contributed by atoms with Crippen LogP contribution in [0.5, 0.6) is 0 Å². The van der Waals surface area contributed by atoms with Crippen LogP contribution in [0.3, 0.4) is 0 Å². The van der Waals surface area contributed by atoms with E-state index in [1.165, 1.54) is 6.07 Å². The third-order valence-electron chi connectivity index (χ3n) is 4.00. The van der Waals surface area contributed by atoms with E-state index in [0.29, 0.717) is 6.54 Å². The second-order valence-corrected chi connectivity index (χ2v) is 5.37. The number of nitrogens with zero attached hydrogens (tertiary/aromatic N) is 2. The number of rotatable bonds is 5. The second-order valence-electron chi connectivity index (χ2n) is 5.37. The van der Waals surface area contributed by atoms with Gasteiger partial charge in [-0.2, -0.15) is 0 Å². The summed E-state index contributed by atoms with van der Waals surface area (Å²) in [7, 11) is 1.74. The summed E-state index contributed by atoms with van der Waals surface area (Å²) in [6.45, 7) is 2.64. The summed E-state index contributed by atoms with van der Waals surface area (Å²) in [5.41, 5.74) is 0.755. The average Bonchev–Trinajstić information content (AvgIpc) is 3.00. The molecule has 0 radical (unpaired) electrons. The van der Waals surface area contributed by atoms with Gasteiger partial charge >= 0.3 is 0 Å². The monoisotopic (exact) mass is 291 g/mol. The van der Waals surface area contributed by atoms with Gasteiger partial charge in [-0.25, -0.2) is 0 Å². The maximum atomic E-state index is 12.6. The van der Waals surface area contributed by atoms with Gasteiger partial charge in [0.2, 0.25) is 0 Å². The molecule has 0 aromatic heterocycles. The van der Waals surface area contributed by atoms with Crippen LogP contribution >= 0.6 is 0 Å². The average molecular weight is 291 g/mol. The normalized spacial score (nSPS) is 15.0. The molecule has 6 heteroatoms. The predicted octanol–water partition coefficient (Wildman–Crippen LogP) is 3.04. The van der Waals surface area contributed by atoms with E-state index in [-0.39, 0.29) is 23.2 Å². The first-order chi connectivity index (χ1) is 10.0. The first-order valence-corrected chi connectivity index (χ1v) is 7.34. The van der Waals surface area contributed by atoms with E-state index in [0.717, 1.165) is 31.4 Å². The smallest absolute Gasteiger partial charge is 0.282 e. The second kappa shape index (κ2) is 6.56. The highest BCUT2D eigenvalue weighted by molar-refractivity contribution is 5.99. The van der Waals surface area contributed by atoms with Crippen molar-refractivity contribution < 1.29 is 9.72 Å². The maximum Gasteiger partial charge on any atom is 0.282 e. The molecule has 0 heterocycles. The van der Waals surface area contributed by atoms with Gasteiger partial charge in [-0.05, 0) is 31.9 Å². The number of hydrogen-bond acceptors (Lipinski definition) is 4. The Morgan fingerprint density at radius 1 is 1.43 bits per heavy atom. The lowest BCUT2D eigenvalue weighted by molar-refractivity contribution is -0.385. The lowest BCUT2D eigenvalue weighted by Gasteiger charge is -2.24. The molecule has 21 heavy (non-hydrogen) atoms. The molecule has 114 valence electrons. The van der Waals surface area contributed by atoms with Crippen molar-refractivity contribution in [1.29, 1.82) is 0 Å². The summed E-state index contributed by atoms with van der Waals surface area (Å²) in [5, 5.41) is 14.2. The van der Waals surface area contributed by atoms with Crippen molar-refractivity contribution in [2.45, 2.75) is 38.6 Å². The Morgan fingerprint density at radius 2 is 2.10 bits per heavy atom. The molecule has 1 fully saturated rings. The number of nitro groups is 1. The molecule has 0 saturated heterocycles. The minimum Gasteiger partial charge on any atom is -0.385 e. The molecule has 2 rings (SSSR count). The van der Waals surface area contributed by atoms with Crippen LogP contribution in [-0.2, 0) is 0 Å². The van der Waals surface area contributed by atoms with E-state index in [1.807, 2.05) is 6.92 Å². The SMILES string of the molecule is CCNc1ccc([N+](=O)[O-])c(C(=O)N(C)C2CCCC2)c1. The van der Waals surface area contributed by atoms with Crippen LogP contribution in [0, 0.1) is 10.1 Å². The summed E-state index contributed by atoms with van der Waals surface area (Å²) in [6.07, 6.45) is 4.18. The lowest BCUT2D eigenvalue weighted by atomic mass is 10.1. The highest BCUT2D eigenvalue weighted by Crippen LogP contribution is 2.28. The molecule has 1 aliphatic carbocycles. The number of amides is 1. The Balaban J connectivity index is 2.32. The van der Waals surface area contributed by atoms with Crippen LogP contribution in [0.1, 0.15) is 43.0 Å². The van der Waals surface area contributed by atoms with Gasteiger partial charge < -0.3 is 10.2 Å². The van der Waals surface area contributed by atoms with Gasteiger partial charge in [0, 0.05) is 31.4 Å². The summed E-state index contributed by atoms with van der Waals surface area (Å²) in [5.74, 6) is -0.270. The predicted molar refractivity (Wildman–Crippen MR) is 81.6 cm³/mol. The van der Waals surface area contributed by atoms with E-state index in [1.54, 1.807) is 24.1 Å². The molecule has 1 aromatic rings. The molecule has 1 aliphatic rings. The Hall–Kier alpha value is -2.11. The number of carbonyl (C=O) groups is 1. The van der Waals surface area contributed by atoms with Gasteiger partial charge in [0.25, 0.3) is 11.6 Å². The van der Waals surface area contributed by atoms with Crippen LogP contribution < -0.4 is 5.32 Å². The van der Waals surface area contributed by atoms with Crippen molar-refractivity contribution in [1.82, 2.24) is 4.90 Å². The lowest BCUT2D eigenvalue weighted by Crippen LogP contribution is -2.35. The zero-order chi connectivity index (χ0) is 15.4. The molecule has 0 aliphatic heterocycles. The molecule has 6 nitrogen and oxygen atoms in total. The minimum absolute atomic E-state index is 0.133. The quantitative estimate of drug-likeness (QED) is 0.668. The fourth-order valence-corrected chi connectivity index (χ4v) is 2.83. The maximum absolute atomic E-state index is 12.6. The van der Waals surface area contributed by atoms with Crippen LogP contribution in [-0.4, -0.2) is 35.4 Å². The number of nitro benzene ring substituents is 1. The molecule has 0 spiro atoms. The number of benzene rings is 1. The van der Waals surface area contributed by atoms with E-state index >= 15 is 0 Å². The largest absolute Gasteiger partial charge is 0.385 e. The summed E-state index contributed by atoms with van der Waals surface area (Å²) >= 11 is 0. The summed E-state index contributed by atoms with van der Waals surface area (Å²) in [4.78, 5) is 24.9. The summed E-state index contributed by atoms with van der Waals surface area (Å²) < 4.78 is 0. The topological polar surface area (TPSA) is 75.5 Å². The number of carbonyl (C=O) groups excluding carboxylic acids is 1. The molecule has 0 unspecified atom stereocenters. The Morgan fingerprint density at radius 3 is 2.67 bits per heavy atom. The zero-order valence-electron chi connectivity index (χ0n) is 12.5. The molecule has 1 amide bonds.